The first-order chi connectivity index (χ1) is 8.69. The minimum absolute atomic E-state index is 0.0325. The summed E-state index contributed by atoms with van der Waals surface area (Å²) in [6.45, 7) is 1.84. The minimum atomic E-state index is 0.0325. The van der Waals surface area contributed by atoms with Crippen LogP contribution in [-0.4, -0.2) is 49.2 Å². The summed E-state index contributed by atoms with van der Waals surface area (Å²) in [5.41, 5.74) is 0.718. The molecule has 0 N–H and O–H groups in total. The molecule has 0 aliphatic heterocycles. The van der Waals surface area contributed by atoms with Gasteiger partial charge in [0, 0.05) is 29.4 Å². The Morgan fingerprint density at radius 2 is 2.00 bits per heavy atom. The quantitative estimate of drug-likeness (QED) is 0.437. The normalized spacial score (nSPS) is 10.4. The number of carbonyl (C=O) groups is 1. The highest BCUT2D eigenvalue weighted by Gasteiger charge is 2.10. The topological polar surface area (TPSA) is 29.5 Å². The maximum absolute atomic E-state index is 12.1. The number of carbonyl (C=O) groups excluding carboxylic acids is 1. The summed E-state index contributed by atoms with van der Waals surface area (Å²) in [7, 11) is 1.79. The standard InChI is InChI=1S/C13H18BrNO2S/c1-15(8-10-17-9-7-14)13(16)11-3-5-12(18-2)6-4-11/h3-6H,7-10H2,1-2H3. The van der Waals surface area contributed by atoms with Gasteiger partial charge in [0.15, 0.2) is 0 Å². The molecule has 0 fully saturated rings. The van der Waals surface area contributed by atoms with Crippen LogP contribution < -0.4 is 0 Å². The second-order valence-electron chi connectivity index (χ2n) is 3.76. The first kappa shape index (κ1) is 15.5. The van der Waals surface area contributed by atoms with E-state index in [0.29, 0.717) is 19.8 Å². The molecule has 0 bridgehead atoms. The van der Waals surface area contributed by atoms with Gasteiger partial charge >= 0.3 is 0 Å². The number of halogens is 1. The van der Waals surface area contributed by atoms with Gasteiger partial charge in [0.25, 0.3) is 5.91 Å². The molecule has 0 heterocycles. The lowest BCUT2D eigenvalue weighted by Gasteiger charge is -2.17. The Morgan fingerprint density at radius 3 is 2.56 bits per heavy atom. The number of alkyl halides is 1. The van der Waals surface area contributed by atoms with Gasteiger partial charge in [-0.1, -0.05) is 15.9 Å². The van der Waals surface area contributed by atoms with Crippen LogP contribution in [0.3, 0.4) is 0 Å². The number of nitrogens with zero attached hydrogens (tertiary/aromatic N) is 1. The molecule has 0 spiro atoms. The number of benzene rings is 1. The molecular formula is C13H18BrNO2S. The van der Waals surface area contributed by atoms with Crippen LogP contribution in [0.1, 0.15) is 10.4 Å². The third-order valence-corrected chi connectivity index (χ3v) is 3.54. The van der Waals surface area contributed by atoms with E-state index < -0.39 is 0 Å². The van der Waals surface area contributed by atoms with Crippen LogP contribution in [0, 0.1) is 0 Å². The van der Waals surface area contributed by atoms with Gasteiger partial charge in [-0.05, 0) is 30.5 Å². The Labute approximate surface area is 121 Å². The van der Waals surface area contributed by atoms with E-state index in [1.807, 2.05) is 30.5 Å². The molecule has 1 aromatic rings. The molecule has 0 aromatic heterocycles. The maximum atomic E-state index is 12.1. The fourth-order valence-corrected chi connectivity index (χ4v) is 2.05. The summed E-state index contributed by atoms with van der Waals surface area (Å²) >= 11 is 4.96. The van der Waals surface area contributed by atoms with E-state index >= 15 is 0 Å². The number of likely N-dealkylation sites (N-methyl/N-ethyl adjacent to an activating group) is 1. The molecule has 0 saturated carbocycles. The Balaban J connectivity index is 2.46. The Morgan fingerprint density at radius 1 is 1.33 bits per heavy atom. The molecule has 0 radical (unpaired) electrons. The highest BCUT2D eigenvalue weighted by atomic mass is 79.9. The summed E-state index contributed by atoms with van der Waals surface area (Å²) in [6.07, 6.45) is 2.02. The first-order valence-corrected chi connectivity index (χ1v) is 8.07. The van der Waals surface area contributed by atoms with Crippen LogP contribution in [0.5, 0.6) is 0 Å². The smallest absolute Gasteiger partial charge is 0.253 e. The average Bonchev–Trinajstić information content (AvgIpc) is 2.42. The molecule has 1 rings (SSSR count). The van der Waals surface area contributed by atoms with Crippen molar-refractivity contribution in [3.05, 3.63) is 29.8 Å². The van der Waals surface area contributed by atoms with E-state index in [1.165, 1.54) is 0 Å². The third-order valence-electron chi connectivity index (χ3n) is 2.48. The molecule has 5 heteroatoms. The highest BCUT2D eigenvalue weighted by Crippen LogP contribution is 2.15. The van der Waals surface area contributed by atoms with Crippen molar-refractivity contribution < 1.29 is 9.53 Å². The molecule has 1 aromatic carbocycles. The Bertz CT molecular complexity index is 370. The molecular weight excluding hydrogens is 314 g/mol. The van der Waals surface area contributed by atoms with Crippen molar-refractivity contribution in [2.75, 3.05) is 38.4 Å². The van der Waals surface area contributed by atoms with Crippen LogP contribution in [0.25, 0.3) is 0 Å². The molecule has 0 atom stereocenters. The van der Waals surface area contributed by atoms with Gasteiger partial charge < -0.3 is 9.64 Å². The second-order valence-corrected chi connectivity index (χ2v) is 5.43. The fraction of sp³-hybridized carbons (Fsp3) is 0.462. The third kappa shape index (κ3) is 5.00. The van der Waals surface area contributed by atoms with E-state index in [2.05, 4.69) is 15.9 Å². The van der Waals surface area contributed by atoms with Crippen molar-refractivity contribution in [3.63, 3.8) is 0 Å². The van der Waals surface area contributed by atoms with Crippen LogP contribution in [0.4, 0.5) is 0 Å². The number of rotatable bonds is 7. The molecule has 0 aliphatic rings. The lowest BCUT2D eigenvalue weighted by molar-refractivity contribution is 0.0713. The van der Waals surface area contributed by atoms with Gasteiger partial charge in [0.2, 0.25) is 0 Å². The van der Waals surface area contributed by atoms with Crippen molar-refractivity contribution in [3.8, 4) is 0 Å². The van der Waals surface area contributed by atoms with Gasteiger partial charge in [-0.25, -0.2) is 0 Å². The summed E-state index contributed by atoms with van der Waals surface area (Å²) in [4.78, 5) is 14.9. The average molecular weight is 332 g/mol. The summed E-state index contributed by atoms with van der Waals surface area (Å²) < 4.78 is 5.33. The monoisotopic (exact) mass is 331 g/mol. The van der Waals surface area contributed by atoms with Crippen molar-refractivity contribution in [2.24, 2.45) is 0 Å². The van der Waals surface area contributed by atoms with Crippen LogP contribution in [0.15, 0.2) is 29.2 Å². The zero-order chi connectivity index (χ0) is 13.4. The molecule has 0 saturated heterocycles. The van der Waals surface area contributed by atoms with Crippen molar-refractivity contribution in [1.82, 2.24) is 4.90 Å². The second kappa shape index (κ2) is 8.56. The van der Waals surface area contributed by atoms with Crippen LogP contribution in [-0.2, 0) is 4.74 Å². The number of ether oxygens (including phenoxy) is 1. The van der Waals surface area contributed by atoms with Crippen LogP contribution >= 0.6 is 27.7 Å². The number of hydrogen-bond donors (Lipinski definition) is 0. The van der Waals surface area contributed by atoms with Gasteiger partial charge in [-0.15, -0.1) is 11.8 Å². The van der Waals surface area contributed by atoms with Crippen molar-refractivity contribution >= 4 is 33.6 Å². The molecule has 3 nitrogen and oxygen atoms in total. The predicted octanol–water partition coefficient (Wildman–Crippen LogP) is 2.89. The number of hydrogen-bond acceptors (Lipinski definition) is 3. The lowest BCUT2D eigenvalue weighted by Crippen LogP contribution is -2.30. The van der Waals surface area contributed by atoms with E-state index in [-0.39, 0.29) is 5.91 Å². The van der Waals surface area contributed by atoms with Crippen molar-refractivity contribution in [2.45, 2.75) is 4.90 Å². The summed E-state index contributed by atoms with van der Waals surface area (Å²) in [6, 6.07) is 7.66. The molecule has 1 amide bonds. The summed E-state index contributed by atoms with van der Waals surface area (Å²) in [5, 5.41) is 0.820. The number of thioether (sulfide) groups is 1. The molecule has 18 heavy (non-hydrogen) atoms. The van der Waals surface area contributed by atoms with E-state index in [1.54, 1.807) is 23.7 Å². The first-order valence-electron chi connectivity index (χ1n) is 5.72. The van der Waals surface area contributed by atoms with Gasteiger partial charge in [-0.2, -0.15) is 0 Å². The van der Waals surface area contributed by atoms with Gasteiger partial charge in [0.05, 0.1) is 13.2 Å². The fourth-order valence-electron chi connectivity index (χ4n) is 1.41. The Hall–Kier alpha value is -0.520. The van der Waals surface area contributed by atoms with E-state index in [0.717, 1.165) is 15.8 Å². The minimum Gasteiger partial charge on any atom is -0.379 e. The molecule has 100 valence electrons. The summed E-state index contributed by atoms with van der Waals surface area (Å²) in [5.74, 6) is 0.0325. The Kier molecular flexibility index (Phi) is 7.39. The van der Waals surface area contributed by atoms with Gasteiger partial charge in [0.1, 0.15) is 0 Å². The predicted molar refractivity (Wildman–Crippen MR) is 79.8 cm³/mol. The lowest BCUT2D eigenvalue weighted by atomic mass is 10.2. The van der Waals surface area contributed by atoms with Crippen LogP contribution in [0.2, 0.25) is 0 Å². The maximum Gasteiger partial charge on any atom is 0.253 e. The SMILES string of the molecule is CSc1ccc(C(=O)N(C)CCOCCBr)cc1. The largest absolute Gasteiger partial charge is 0.379 e. The zero-order valence-corrected chi connectivity index (χ0v) is 13.1. The zero-order valence-electron chi connectivity index (χ0n) is 10.7. The highest BCUT2D eigenvalue weighted by molar-refractivity contribution is 9.09. The van der Waals surface area contributed by atoms with E-state index in [9.17, 15) is 4.79 Å². The molecule has 0 unspecified atom stereocenters. The van der Waals surface area contributed by atoms with Crippen molar-refractivity contribution in [1.29, 1.82) is 0 Å². The van der Waals surface area contributed by atoms with Gasteiger partial charge in [-0.3, -0.25) is 4.79 Å². The number of amides is 1. The molecule has 0 aliphatic carbocycles. The van der Waals surface area contributed by atoms with E-state index in [4.69, 9.17) is 4.74 Å².